The van der Waals surface area contributed by atoms with E-state index in [1.54, 1.807) is 0 Å². The Hall–Kier alpha value is -0.0800. The molecule has 0 aromatic carbocycles. The zero-order valence-corrected chi connectivity index (χ0v) is 7.68. The molecule has 0 atom stereocenters. The maximum atomic E-state index is 9.20. The third kappa shape index (κ3) is 1.09. The monoisotopic (exact) mass is 169 g/mol. The summed E-state index contributed by atoms with van der Waals surface area (Å²) in [5, 5.41) is 9.20. The van der Waals surface area contributed by atoms with Crippen LogP contribution >= 0.6 is 0 Å². The molecule has 0 amide bonds. The summed E-state index contributed by atoms with van der Waals surface area (Å²) in [6.45, 7) is 0.969. The Morgan fingerprint density at radius 2 is 1.75 bits per heavy atom. The van der Waals surface area contributed by atoms with Crippen molar-refractivity contribution in [2.45, 2.75) is 38.5 Å². The van der Waals surface area contributed by atoms with Crippen molar-refractivity contribution >= 4 is 0 Å². The fourth-order valence-electron chi connectivity index (χ4n) is 3.34. The fraction of sp³-hybridized carbons (Fsp3) is 1.00. The van der Waals surface area contributed by atoms with Crippen molar-refractivity contribution in [3.05, 3.63) is 0 Å². The maximum Gasteiger partial charge on any atom is 0.0499 e. The van der Waals surface area contributed by atoms with Gasteiger partial charge in [0.1, 0.15) is 0 Å². The first-order valence-electron chi connectivity index (χ1n) is 5.05. The van der Waals surface area contributed by atoms with Crippen LogP contribution in [-0.2, 0) is 0 Å². The summed E-state index contributed by atoms with van der Waals surface area (Å²) in [6, 6.07) is 0. The largest absolute Gasteiger partial charge is 0.396 e. The van der Waals surface area contributed by atoms with Gasteiger partial charge in [-0.05, 0) is 31.1 Å². The van der Waals surface area contributed by atoms with Gasteiger partial charge < -0.3 is 10.8 Å². The minimum atomic E-state index is 0.115. The maximum absolute atomic E-state index is 9.20. The molecule has 0 saturated heterocycles. The Morgan fingerprint density at radius 3 is 2.17 bits per heavy atom. The number of hydrogen-bond donors (Lipinski definition) is 2. The lowest BCUT2D eigenvalue weighted by Crippen LogP contribution is -2.51. The quantitative estimate of drug-likeness (QED) is 0.654. The molecule has 1 spiro atoms. The van der Waals surface area contributed by atoms with Crippen molar-refractivity contribution in [3.8, 4) is 0 Å². The van der Waals surface area contributed by atoms with Crippen molar-refractivity contribution in [3.63, 3.8) is 0 Å². The molecule has 0 unspecified atom stereocenters. The van der Waals surface area contributed by atoms with E-state index in [9.17, 15) is 5.11 Å². The van der Waals surface area contributed by atoms with Crippen LogP contribution in [0.4, 0.5) is 0 Å². The van der Waals surface area contributed by atoms with Crippen molar-refractivity contribution in [2.24, 2.45) is 16.6 Å². The normalized spacial score (nSPS) is 30.5. The lowest BCUT2D eigenvalue weighted by atomic mass is 9.52. The second-order valence-corrected chi connectivity index (χ2v) is 4.92. The highest BCUT2D eigenvalue weighted by molar-refractivity contribution is 5.05. The molecular formula is C10H19NO. The van der Waals surface area contributed by atoms with Gasteiger partial charge in [0.15, 0.2) is 0 Å². The zero-order valence-electron chi connectivity index (χ0n) is 7.68. The number of rotatable bonds is 2. The molecule has 3 N–H and O–H groups in total. The molecule has 70 valence electrons. The minimum absolute atomic E-state index is 0.115. The molecule has 0 bridgehead atoms. The zero-order chi connectivity index (χ0) is 8.66. The summed E-state index contributed by atoms with van der Waals surface area (Å²) in [7, 11) is 0. The predicted molar refractivity (Wildman–Crippen MR) is 48.7 cm³/mol. The predicted octanol–water partition coefficient (Wildman–Crippen LogP) is 1.28. The second kappa shape index (κ2) is 2.71. The van der Waals surface area contributed by atoms with E-state index < -0.39 is 0 Å². The Morgan fingerprint density at radius 1 is 1.17 bits per heavy atom. The number of aliphatic hydroxyl groups is 1. The van der Waals surface area contributed by atoms with Gasteiger partial charge >= 0.3 is 0 Å². The highest BCUT2D eigenvalue weighted by Gasteiger charge is 2.53. The minimum Gasteiger partial charge on any atom is -0.396 e. The van der Waals surface area contributed by atoms with Crippen LogP contribution < -0.4 is 5.73 Å². The Kier molecular flexibility index (Phi) is 1.92. The smallest absolute Gasteiger partial charge is 0.0499 e. The molecular weight excluding hydrogens is 150 g/mol. The van der Waals surface area contributed by atoms with Gasteiger partial charge in [-0.3, -0.25) is 0 Å². The second-order valence-electron chi connectivity index (χ2n) is 4.92. The van der Waals surface area contributed by atoms with Crippen LogP contribution in [0.15, 0.2) is 0 Å². The number of hydrogen-bond acceptors (Lipinski definition) is 2. The summed E-state index contributed by atoms with van der Waals surface area (Å²) in [6.07, 6.45) is 7.93. The van der Waals surface area contributed by atoms with Gasteiger partial charge in [0.2, 0.25) is 0 Å². The average molecular weight is 169 g/mol. The van der Waals surface area contributed by atoms with Crippen LogP contribution in [0.25, 0.3) is 0 Å². The van der Waals surface area contributed by atoms with E-state index in [1.807, 2.05) is 0 Å². The molecule has 2 fully saturated rings. The van der Waals surface area contributed by atoms with Crippen molar-refractivity contribution in [1.29, 1.82) is 0 Å². The van der Waals surface area contributed by atoms with E-state index in [0.29, 0.717) is 18.6 Å². The summed E-state index contributed by atoms with van der Waals surface area (Å²) in [4.78, 5) is 0. The Balaban J connectivity index is 1.96. The van der Waals surface area contributed by atoms with Crippen LogP contribution in [0.2, 0.25) is 0 Å². The first kappa shape index (κ1) is 8.52. The van der Waals surface area contributed by atoms with Gasteiger partial charge in [0.05, 0.1) is 0 Å². The van der Waals surface area contributed by atoms with Gasteiger partial charge in [-0.15, -0.1) is 0 Å². The third-order valence-electron chi connectivity index (χ3n) is 3.93. The van der Waals surface area contributed by atoms with Crippen LogP contribution in [0, 0.1) is 10.8 Å². The molecule has 0 aliphatic heterocycles. The van der Waals surface area contributed by atoms with Crippen LogP contribution in [0.1, 0.15) is 38.5 Å². The highest BCUT2D eigenvalue weighted by Crippen LogP contribution is 2.61. The molecule has 0 radical (unpaired) electrons. The highest BCUT2D eigenvalue weighted by atomic mass is 16.3. The summed E-state index contributed by atoms with van der Waals surface area (Å²) < 4.78 is 0. The fourth-order valence-corrected chi connectivity index (χ4v) is 3.34. The Bertz CT molecular complexity index is 157. The summed E-state index contributed by atoms with van der Waals surface area (Å²) >= 11 is 0. The molecule has 2 rings (SSSR count). The van der Waals surface area contributed by atoms with Gasteiger partial charge in [0, 0.05) is 18.6 Å². The number of aliphatic hydroxyl groups excluding tert-OH is 1. The van der Waals surface area contributed by atoms with Gasteiger partial charge in [0.25, 0.3) is 0 Å². The molecule has 12 heavy (non-hydrogen) atoms. The molecule has 2 nitrogen and oxygen atoms in total. The molecule has 0 aromatic heterocycles. The van der Waals surface area contributed by atoms with E-state index in [4.69, 9.17) is 5.73 Å². The topological polar surface area (TPSA) is 46.2 Å². The van der Waals surface area contributed by atoms with Crippen LogP contribution in [-0.4, -0.2) is 18.3 Å². The first-order valence-corrected chi connectivity index (χ1v) is 5.05. The van der Waals surface area contributed by atoms with E-state index in [-0.39, 0.29) is 5.41 Å². The first-order chi connectivity index (χ1) is 5.74. The van der Waals surface area contributed by atoms with Gasteiger partial charge in [-0.2, -0.15) is 0 Å². The van der Waals surface area contributed by atoms with E-state index in [0.717, 1.165) is 0 Å². The summed E-state index contributed by atoms with van der Waals surface area (Å²) in [5.74, 6) is 0. The molecule has 0 heterocycles. The van der Waals surface area contributed by atoms with Crippen molar-refractivity contribution in [2.75, 3.05) is 13.2 Å². The molecule has 2 aliphatic rings. The summed E-state index contributed by atoms with van der Waals surface area (Å²) in [5.41, 5.74) is 6.40. The molecule has 0 aromatic rings. The lowest BCUT2D eigenvalue weighted by Gasteiger charge is -2.54. The molecule has 2 aliphatic carbocycles. The van der Waals surface area contributed by atoms with Crippen molar-refractivity contribution < 1.29 is 5.11 Å². The Labute approximate surface area is 74.1 Å². The standard InChI is InChI=1S/C10H19NO/c11-7-10(8-12)5-9(6-10)3-1-2-4-9/h12H,1-8,11H2. The van der Waals surface area contributed by atoms with Gasteiger partial charge in [-0.1, -0.05) is 12.8 Å². The van der Waals surface area contributed by atoms with Crippen LogP contribution in [0.3, 0.4) is 0 Å². The average Bonchev–Trinajstić information content (AvgIpc) is 2.49. The van der Waals surface area contributed by atoms with E-state index in [1.165, 1.54) is 38.5 Å². The lowest BCUT2D eigenvalue weighted by molar-refractivity contribution is -0.0655. The van der Waals surface area contributed by atoms with Gasteiger partial charge in [-0.25, -0.2) is 0 Å². The molecule has 2 heteroatoms. The SMILES string of the molecule is NCC1(CO)CC2(CCCC2)C1. The van der Waals surface area contributed by atoms with E-state index >= 15 is 0 Å². The van der Waals surface area contributed by atoms with E-state index in [2.05, 4.69) is 0 Å². The third-order valence-corrected chi connectivity index (χ3v) is 3.93. The van der Waals surface area contributed by atoms with Crippen LogP contribution in [0.5, 0.6) is 0 Å². The van der Waals surface area contributed by atoms with Crippen molar-refractivity contribution in [1.82, 2.24) is 0 Å². The molecule has 2 saturated carbocycles. The number of nitrogens with two attached hydrogens (primary N) is 1.